The summed E-state index contributed by atoms with van der Waals surface area (Å²) in [5, 5.41) is 12.7. The lowest BCUT2D eigenvalue weighted by Crippen LogP contribution is -2.25. The Labute approximate surface area is 112 Å². The molecular weight excluding hydrogens is 248 g/mol. The van der Waals surface area contributed by atoms with E-state index < -0.39 is 0 Å². The van der Waals surface area contributed by atoms with Crippen LogP contribution in [0.15, 0.2) is 12.1 Å². The highest BCUT2D eigenvalue weighted by molar-refractivity contribution is 5.27. The van der Waals surface area contributed by atoms with Gasteiger partial charge in [-0.3, -0.25) is 0 Å². The number of hydrogen-bond donors (Lipinski definition) is 2. The Kier molecular flexibility index (Phi) is 4.53. The molecule has 3 atom stereocenters. The average molecular weight is 269 g/mol. The lowest BCUT2D eigenvalue weighted by Gasteiger charge is -2.18. The number of nitrogens with one attached hydrogen (secondary N) is 1. The fourth-order valence-electron chi connectivity index (χ4n) is 2.68. The molecule has 1 aliphatic carbocycles. The SMILES string of the molecule is Cc1cc(F)c(C(C)NCC2CCC(O)C2)cc1F. The minimum Gasteiger partial charge on any atom is -0.393 e. The van der Waals surface area contributed by atoms with Gasteiger partial charge >= 0.3 is 0 Å². The van der Waals surface area contributed by atoms with E-state index in [1.54, 1.807) is 6.92 Å². The Morgan fingerprint density at radius 2 is 2.05 bits per heavy atom. The van der Waals surface area contributed by atoms with Gasteiger partial charge in [-0.1, -0.05) is 0 Å². The fourth-order valence-corrected chi connectivity index (χ4v) is 2.68. The molecule has 4 heteroatoms. The maximum absolute atomic E-state index is 13.8. The van der Waals surface area contributed by atoms with E-state index in [1.165, 1.54) is 12.1 Å². The molecule has 0 aromatic heterocycles. The van der Waals surface area contributed by atoms with Crippen molar-refractivity contribution in [3.63, 3.8) is 0 Å². The molecule has 1 fully saturated rings. The Hall–Kier alpha value is -1.00. The molecule has 2 N–H and O–H groups in total. The number of rotatable bonds is 4. The van der Waals surface area contributed by atoms with Crippen LogP contribution in [0.3, 0.4) is 0 Å². The van der Waals surface area contributed by atoms with Crippen LogP contribution in [0, 0.1) is 24.5 Å². The summed E-state index contributed by atoms with van der Waals surface area (Å²) < 4.78 is 27.3. The standard InChI is InChI=1S/C15H21F2NO/c1-9-5-15(17)13(7-14(9)16)10(2)18-8-11-3-4-12(19)6-11/h5,7,10-12,18-19H,3-4,6,8H2,1-2H3. The van der Waals surface area contributed by atoms with Crippen LogP contribution in [0.25, 0.3) is 0 Å². The largest absolute Gasteiger partial charge is 0.393 e. The molecule has 19 heavy (non-hydrogen) atoms. The van der Waals surface area contributed by atoms with Crippen LogP contribution >= 0.6 is 0 Å². The van der Waals surface area contributed by atoms with Crippen LogP contribution in [0.2, 0.25) is 0 Å². The number of benzene rings is 1. The molecule has 2 nitrogen and oxygen atoms in total. The first-order chi connectivity index (χ1) is 8.97. The molecular formula is C15H21F2NO. The van der Waals surface area contributed by atoms with Crippen LogP contribution in [-0.4, -0.2) is 17.8 Å². The maximum Gasteiger partial charge on any atom is 0.128 e. The summed E-state index contributed by atoms with van der Waals surface area (Å²) >= 11 is 0. The van der Waals surface area contributed by atoms with E-state index in [9.17, 15) is 13.9 Å². The van der Waals surface area contributed by atoms with Crippen LogP contribution in [0.5, 0.6) is 0 Å². The lowest BCUT2D eigenvalue weighted by molar-refractivity contribution is 0.177. The molecule has 0 bridgehead atoms. The maximum atomic E-state index is 13.8. The number of aliphatic hydroxyl groups excluding tert-OH is 1. The van der Waals surface area contributed by atoms with Crippen molar-refractivity contribution in [3.05, 3.63) is 34.9 Å². The van der Waals surface area contributed by atoms with E-state index in [4.69, 9.17) is 0 Å². The van der Waals surface area contributed by atoms with E-state index in [-0.39, 0.29) is 23.8 Å². The van der Waals surface area contributed by atoms with Crippen molar-refractivity contribution in [2.75, 3.05) is 6.54 Å². The highest BCUT2D eigenvalue weighted by Gasteiger charge is 2.23. The van der Waals surface area contributed by atoms with Crippen molar-refractivity contribution in [2.45, 2.75) is 45.3 Å². The molecule has 0 saturated heterocycles. The van der Waals surface area contributed by atoms with E-state index in [1.807, 2.05) is 6.92 Å². The molecule has 0 aliphatic heterocycles. The van der Waals surface area contributed by atoms with E-state index >= 15 is 0 Å². The summed E-state index contributed by atoms with van der Waals surface area (Å²) in [5.74, 6) is -0.317. The summed E-state index contributed by atoms with van der Waals surface area (Å²) in [5.41, 5.74) is 0.689. The Balaban J connectivity index is 1.96. The van der Waals surface area contributed by atoms with Crippen molar-refractivity contribution < 1.29 is 13.9 Å². The van der Waals surface area contributed by atoms with Crippen molar-refractivity contribution in [1.29, 1.82) is 0 Å². The quantitative estimate of drug-likeness (QED) is 0.880. The molecule has 0 radical (unpaired) electrons. The van der Waals surface area contributed by atoms with Gasteiger partial charge in [0.2, 0.25) is 0 Å². The Morgan fingerprint density at radius 1 is 1.32 bits per heavy atom. The third-order valence-corrected chi connectivity index (χ3v) is 3.97. The molecule has 1 aliphatic rings. The summed E-state index contributed by atoms with van der Waals surface area (Å²) in [6.07, 6.45) is 2.43. The molecule has 0 heterocycles. The van der Waals surface area contributed by atoms with Gasteiger partial charge in [0.25, 0.3) is 0 Å². The average Bonchev–Trinajstić information content (AvgIpc) is 2.77. The highest BCUT2D eigenvalue weighted by Crippen LogP contribution is 2.26. The number of hydrogen-bond acceptors (Lipinski definition) is 2. The summed E-state index contributed by atoms with van der Waals surface area (Å²) in [6.45, 7) is 4.12. The molecule has 2 rings (SSSR count). The van der Waals surface area contributed by atoms with Crippen LogP contribution in [0.1, 0.15) is 43.4 Å². The predicted octanol–water partition coefficient (Wildman–Crippen LogP) is 3.08. The summed E-state index contributed by atoms with van der Waals surface area (Å²) in [6, 6.07) is 2.28. The first-order valence-electron chi connectivity index (χ1n) is 6.84. The first kappa shape index (κ1) is 14.4. The second kappa shape index (κ2) is 5.97. The molecule has 106 valence electrons. The van der Waals surface area contributed by atoms with Gasteiger partial charge in [0.15, 0.2) is 0 Å². The monoisotopic (exact) mass is 269 g/mol. The lowest BCUT2D eigenvalue weighted by atomic mass is 10.0. The number of aryl methyl sites for hydroxylation is 1. The van der Waals surface area contributed by atoms with Crippen molar-refractivity contribution >= 4 is 0 Å². The van der Waals surface area contributed by atoms with Gasteiger partial charge < -0.3 is 10.4 Å². The molecule has 1 aromatic rings. The third-order valence-electron chi connectivity index (χ3n) is 3.97. The van der Waals surface area contributed by atoms with E-state index in [0.717, 1.165) is 25.8 Å². The Morgan fingerprint density at radius 3 is 2.68 bits per heavy atom. The smallest absolute Gasteiger partial charge is 0.128 e. The first-order valence-corrected chi connectivity index (χ1v) is 6.84. The van der Waals surface area contributed by atoms with Crippen LogP contribution < -0.4 is 5.32 Å². The zero-order valence-electron chi connectivity index (χ0n) is 11.4. The van der Waals surface area contributed by atoms with Crippen molar-refractivity contribution in [3.8, 4) is 0 Å². The topological polar surface area (TPSA) is 32.3 Å². The highest BCUT2D eigenvalue weighted by atomic mass is 19.1. The predicted molar refractivity (Wildman–Crippen MR) is 70.9 cm³/mol. The molecule has 3 unspecified atom stereocenters. The van der Waals surface area contributed by atoms with Crippen LogP contribution in [-0.2, 0) is 0 Å². The molecule has 0 amide bonds. The number of aliphatic hydroxyl groups is 1. The summed E-state index contributed by atoms with van der Waals surface area (Å²) in [4.78, 5) is 0. The van der Waals surface area contributed by atoms with Crippen LogP contribution in [0.4, 0.5) is 8.78 Å². The van der Waals surface area contributed by atoms with E-state index in [0.29, 0.717) is 17.0 Å². The fraction of sp³-hybridized carbons (Fsp3) is 0.600. The number of halogens is 2. The van der Waals surface area contributed by atoms with Gasteiger partial charge in [-0.2, -0.15) is 0 Å². The zero-order valence-corrected chi connectivity index (χ0v) is 11.4. The van der Waals surface area contributed by atoms with Gasteiger partial charge in [-0.05, 0) is 63.3 Å². The molecule has 1 aromatic carbocycles. The minimum atomic E-state index is -0.374. The van der Waals surface area contributed by atoms with Gasteiger partial charge in [-0.25, -0.2) is 8.78 Å². The normalized spacial score (nSPS) is 24.7. The molecule has 1 saturated carbocycles. The second-order valence-corrected chi connectivity index (χ2v) is 5.59. The molecule has 0 spiro atoms. The zero-order chi connectivity index (χ0) is 14.0. The second-order valence-electron chi connectivity index (χ2n) is 5.59. The van der Waals surface area contributed by atoms with Gasteiger partial charge in [0.1, 0.15) is 11.6 Å². The van der Waals surface area contributed by atoms with E-state index in [2.05, 4.69) is 5.32 Å². The summed E-state index contributed by atoms with van der Waals surface area (Å²) in [7, 11) is 0. The van der Waals surface area contributed by atoms with Gasteiger partial charge in [-0.15, -0.1) is 0 Å². The van der Waals surface area contributed by atoms with Crippen molar-refractivity contribution in [1.82, 2.24) is 5.32 Å². The Bertz CT molecular complexity index is 450. The third kappa shape index (κ3) is 3.51. The van der Waals surface area contributed by atoms with Gasteiger partial charge in [0, 0.05) is 11.6 Å². The van der Waals surface area contributed by atoms with Crippen molar-refractivity contribution in [2.24, 2.45) is 5.92 Å². The minimum absolute atomic E-state index is 0.198. The van der Waals surface area contributed by atoms with Gasteiger partial charge in [0.05, 0.1) is 6.10 Å².